The SMILES string of the molecule is O=C(Nc1ccc(O)cc1F)c1cc(I)ccc1O. The van der Waals surface area contributed by atoms with Crippen molar-refractivity contribution in [3.63, 3.8) is 0 Å². The van der Waals surface area contributed by atoms with E-state index in [9.17, 15) is 14.3 Å². The monoisotopic (exact) mass is 373 g/mol. The second-order valence-corrected chi connectivity index (χ2v) is 5.03. The summed E-state index contributed by atoms with van der Waals surface area (Å²) in [7, 11) is 0. The van der Waals surface area contributed by atoms with Gasteiger partial charge in [0.15, 0.2) is 0 Å². The molecule has 0 aliphatic rings. The number of benzene rings is 2. The summed E-state index contributed by atoms with van der Waals surface area (Å²) in [5.74, 6) is -1.79. The Kier molecular flexibility index (Phi) is 3.89. The fraction of sp³-hybridized carbons (Fsp3) is 0. The van der Waals surface area contributed by atoms with Gasteiger partial charge in [0.25, 0.3) is 5.91 Å². The van der Waals surface area contributed by atoms with E-state index in [1.54, 1.807) is 6.07 Å². The maximum Gasteiger partial charge on any atom is 0.259 e. The summed E-state index contributed by atoms with van der Waals surface area (Å²) >= 11 is 2.00. The van der Waals surface area contributed by atoms with E-state index in [0.717, 1.165) is 9.64 Å². The van der Waals surface area contributed by atoms with Crippen LogP contribution in [0.4, 0.5) is 10.1 Å². The molecule has 0 aliphatic carbocycles. The van der Waals surface area contributed by atoms with Crippen molar-refractivity contribution in [1.82, 2.24) is 0 Å². The minimum atomic E-state index is -0.751. The van der Waals surface area contributed by atoms with E-state index in [2.05, 4.69) is 5.32 Å². The standard InChI is InChI=1S/C13H9FINO3/c14-10-6-8(17)2-3-11(10)16-13(19)9-5-7(15)1-4-12(9)18/h1-6,17-18H,(H,16,19). The van der Waals surface area contributed by atoms with Gasteiger partial charge in [0, 0.05) is 9.64 Å². The molecule has 0 bridgehead atoms. The second kappa shape index (κ2) is 5.43. The van der Waals surface area contributed by atoms with Crippen molar-refractivity contribution in [2.75, 3.05) is 5.32 Å². The fourth-order valence-corrected chi connectivity index (χ4v) is 1.98. The summed E-state index contributed by atoms with van der Waals surface area (Å²) in [6, 6.07) is 7.92. The van der Waals surface area contributed by atoms with Crippen LogP contribution >= 0.6 is 22.6 Å². The van der Waals surface area contributed by atoms with Crippen molar-refractivity contribution in [2.45, 2.75) is 0 Å². The predicted octanol–water partition coefficient (Wildman–Crippen LogP) is 3.09. The number of aromatic hydroxyl groups is 2. The number of hydrogen-bond donors (Lipinski definition) is 3. The lowest BCUT2D eigenvalue weighted by molar-refractivity contribution is 0.102. The normalized spacial score (nSPS) is 10.2. The van der Waals surface area contributed by atoms with Crippen molar-refractivity contribution >= 4 is 34.2 Å². The van der Waals surface area contributed by atoms with Gasteiger partial charge in [-0.3, -0.25) is 4.79 Å². The maximum atomic E-state index is 13.5. The molecule has 1 amide bonds. The first-order valence-electron chi connectivity index (χ1n) is 5.26. The van der Waals surface area contributed by atoms with Crippen molar-refractivity contribution in [2.24, 2.45) is 0 Å². The molecule has 0 saturated heterocycles. The quantitative estimate of drug-likeness (QED) is 0.560. The molecule has 0 saturated carbocycles. The second-order valence-electron chi connectivity index (χ2n) is 3.78. The Hall–Kier alpha value is -1.83. The van der Waals surface area contributed by atoms with Crippen LogP contribution in [0, 0.1) is 9.39 Å². The number of amides is 1. The molecule has 4 nitrogen and oxygen atoms in total. The Morgan fingerprint density at radius 2 is 1.89 bits per heavy atom. The van der Waals surface area contributed by atoms with Gasteiger partial charge in [0.1, 0.15) is 17.3 Å². The maximum absolute atomic E-state index is 13.5. The van der Waals surface area contributed by atoms with Gasteiger partial charge in [-0.1, -0.05) is 0 Å². The van der Waals surface area contributed by atoms with E-state index in [1.807, 2.05) is 22.6 Å². The largest absolute Gasteiger partial charge is 0.508 e. The molecule has 98 valence electrons. The third-order valence-electron chi connectivity index (χ3n) is 2.40. The van der Waals surface area contributed by atoms with Gasteiger partial charge in [0.2, 0.25) is 0 Å². The summed E-state index contributed by atoms with van der Waals surface area (Å²) in [5, 5.41) is 21.0. The van der Waals surface area contributed by atoms with Crippen LogP contribution in [0.3, 0.4) is 0 Å². The molecule has 0 fully saturated rings. The number of hydrogen-bond acceptors (Lipinski definition) is 3. The van der Waals surface area contributed by atoms with Crippen LogP contribution in [-0.4, -0.2) is 16.1 Å². The van der Waals surface area contributed by atoms with E-state index in [1.165, 1.54) is 24.3 Å². The van der Waals surface area contributed by atoms with Crippen LogP contribution < -0.4 is 5.32 Å². The molecule has 3 N–H and O–H groups in total. The lowest BCUT2D eigenvalue weighted by Crippen LogP contribution is -2.13. The highest BCUT2D eigenvalue weighted by Crippen LogP contribution is 2.23. The molecule has 0 heterocycles. The van der Waals surface area contributed by atoms with Gasteiger partial charge in [-0.05, 0) is 52.9 Å². The molecule has 2 aromatic carbocycles. The Morgan fingerprint density at radius 3 is 2.58 bits per heavy atom. The van der Waals surface area contributed by atoms with Crippen LogP contribution in [-0.2, 0) is 0 Å². The highest BCUT2D eigenvalue weighted by molar-refractivity contribution is 14.1. The molecular formula is C13H9FINO3. The van der Waals surface area contributed by atoms with Gasteiger partial charge < -0.3 is 15.5 Å². The van der Waals surface area contributed by atoms with Crippen LogP contribution in [0.15, 0.2) is 36.4 Å². The molecule has 2 aromatic rings. The molecule has 0 atom stereocenters. The highest BCUT2D eigenvalue weighted by Gasteiger charge is 2.14. The summed E-state index contributed by atoms with van der Waals surface area (Å²) in [5.41, 5.74) is -0.0135. The Labute approximate surface area is 122 Å². The average Bonchev–Trinajstić information content (AvgIpc) is 2.35. The first-order valence-corrected chi connectivity index (χ1v) is 6.33. The Morgan fingerprint density at radius 1 is 1.16 bits per heavy atom. The van der Waals surface area contributed by atoms with Crippen molar-refractivity contribution in [1.29, 1.82) is 0 Å². The number of carbonyl (C=O) groups excluding carboxylic acids is 1. The minimum absolute atomic E-state index is 0.0550. The summed E-state index contributed by atoms with van der Waals surface area (Å²) < 4.78 is 14.2. The van der Waals surface area contributed by atoms with Crippen molar-refractivity contribution < 1.29 is 19.4 Å². The average molecular weight is 373 g/mol. The number of anilines is 1. The number of phenols is 2. The highest BCUT2D eigenvalue weighted by atomic mass is 127. The van der Waals surface area contributed by atoms with E-state index >= 15 is 0 Å². The smallest absolute Gasteiger partial charge is 0.259 e. The van der Waals surface area contributed by atoms with E-state index < -0.39 is 11.7 Å². The molecule has 6 heteroatoms. The molecule has 19 heavy (non-hydrogen) atoms. The molecular weight excluding hydrogens is 364 g/mol. The fourth-order valence-electron chi connectivity index (χ4n) is 1.49. The zero-order chi connectivity index (χ0) is 14.0. The first kappa shape index (κ1) is 13.6. The van der Waals surface area contributed by atoms with Crippen LogP contribution in [0.1, 0.15) is 10.4 Å². The first-order chi connectivity index (χ1) is 8.97. The van der Waals surface area contributed by atoms with Gasteiger partial charge in [0.05, 0.1) is 11.3 Å². The van der Waals surface area contributed by atoms with Gasteiger partial charge in [-0.2, -0.15) is 0 Å². The van der Waals surface area contributed by atoms with E-state index in [0.29, 0.717) is 0 Å². The molecule has 0 radical (unpaired) electrons. The van der Waals surface area contributed by atoms with Gasteiger partial charge in [-0.15, -0.1) is 0 Å². The molecule has 0 aromatic heterocycles. The third kappa shape index (κ3) is 3.14. The van der Waals surface area contributed by atoms with Crippen LogP contribution in [0.25, 0.3) is 0 Å². The zero-order valence-corrected chi connectivity index (χ0v) is 11.7. The lowest BCUT2D eigenvalue weighted by Gasteiger charge is -2.08. The Balaban J connectivity index is 2.28. The summed E-state index contributed by atoms with van der Waals surface area (Å²) in [4.78, 5) is 11.9. The zero-order valence-electron chi connectivity index (χ0n) is 9.52. The topological polar surface area (TPSA) is 69.6 Å². The van der Waals surface area contributed by atoms with Crippen molar-refractivity contribution in [3.05, 3.63) is 51.3 Å². The summed E-state index contributed by atoms with van der Waals surface area (Å²) in [6.45, 7) is 0. The van der Waals surface area contributed by atoms with Crippen molar-refractivity contribution in [3.8, 4) is 11.5 Å². The molecule has 0 unspecified atom stereocenters. The third-order valence-corrected chi connectivity index (χ3v) is 3.08. The number of carbonyl (C=O) groups is 1. The van der Waals surface area contributed by atoms with E-state index in [-0.39, 0.29) is 22.7 Å². The minimum Gasteiger partial charge on any atom is -0.508 e. The van der Waals surface area contributed by atoms with Crippen LogP contribution in [0.5, 0.6) is 11.5 Å². The molecule has 0 aliphatic heterocycles. The van der Waals surface area contributed by atoms with Crippen LogP contribution in [0.2, 0.25) is 0 Å². The molecule has 0 spiro atoms. The van der Waals surface area contributed by atoms with Gasteiger partial charge >= 0.3 is 0 Å². The predicted molar refractivity (Wildman–Crippen MR) is 76.8 cm³/mol. The Bertz CT molecular complexity index is 646. The molecule has 2 rings (SSSR count). The van der Waals surface area contributed by atoms with Gasteiger partial charge in [-0.25, -0.2) is 4.39 Å². The van der Waals surface area contributed by atoms with E-state index in [4.69, 9.17) is 5.11 Å². The lowest BCUT2D eigenvalue weighted by atomic mass is 10.2. The number of nitrogens with one attached hydrogen (secondary N) is 1. The number of phenolic OH excluding ortho intramolecular Hbond substituents is 2. The summed E-state index contributed by atoms with van der Waals surface area (Å²) in [6.07, 6.45) is 0. The number of halogens is 2. The number of rotatable bonds is 2.